The highest BCUT2D eigenvalue weighted by Gasteiger charge is 1.76. The predicted octanol–water partition coefficient (Wildman–Crippen LogP) is 1.38. The molecule has 0 amide bonds. The van der Waals surface area contributed by atoms with Crippen molar-refractivity contribution >= 4 is 0 Å². The van der Waals surface area contributed by atoms with E-state index in [0.717, 1.165) is 5.57 Å². The molecule has 0 rings (SSSR count). The molecule has 0 spiro atoms. The first-order chi connectivity index (χ1) is 2.81. The van der Waals surface area contributed by atoms with E-state index in [4.69, 9.17) is 0 Å². The molecule has 0 aromatic carbocycles. The van der Waals surface area contributed by atoms with E-state index in [0.29, 0.717) is 0 Å². The van der Waals surface area contributed by atoms with Crippen molar-refractivity contribution in [2.24, 2.45) is 0 Å². The van der Waals surface area contributed by atoms with E-state index < -0.39 is 0 Å². The molecule has 0 fully saturated rings. The Balaban J connectivity index is 3.22. The van der Waals surface area contributed by atoms with E-state index in [2.05, 4.69) is 0 Å². The molecule has 35 valence electrons. The van der Waals surface area contributed by atoms with Crippen molar-refractivity contribution in [1.29, 1.82) is 0 Å². The van der Waals surface area contributed by atoms with Crippen LogP contribution in [-0.2, 0) is 5.11 Å². The fraction of sp³-hybridized carbons (Fsp3) is 0.600. The van der Waals surface area contributed by atoms with Gasteiger partial charge in [-0.3, -0.25) is 0 Å². The third kappa shape index (κ3) is 1.97. The molecule has 6 heavy (non-hydrogen) atoms. The first kappa shape index (κ1) is 5.70. The highest BCUT2D eigenvalue weighted by molar-refractivity contribution is 4.94. The first-order valence-electron chi connectivity index (χ1n) is 2.01. The van der Waals surface area contributed by atoms with E-state index in [-0.39, 0.29) is 6.61 Å². The lowest BCUT2D eigenvalue weighted by atomic mass is 10.3. The lowest BCUT2D eigenvalue weighted by Gasteiger charge is -1.82. The molecular weight excluding hydrogens is 76.1 g/mol. The van der Waals surface area contributed by atoms with Crippen LogP contribution in [0.1, 0.15) is 13.8 Å². The van der Waals surface area contributed by atoms with Gasteiger partial charge in [0.05, 0.1) is 0 Å². The van der Waals surface area contributed by atoms with Crippen molar-refractivity contribution in [1.82, 2.24) is 0 Å². The van der Waals surface area contributed by atoms with Crippen LogP contribution >= 0.6 is 0 Å². The molecular formula is C5H9O. The SMILES string of the molecule is C/C=C(\C)C[O]. The molecule has 1 heteroatoms. The van der Waals surface area contributed by atoms with Gasteiger partial charge in [0.25, 0.3) is 0 Å². The largest absolute Gasteiger partial charge is 0.232 e. The summed E-state index contributed by atoms with van der Waals surface area (Å²) in [6, 6.07) is 0. The molecule has 1 nitrogen and oxygen atoms in total. The van der Waals surface area contributed by atoms with Crippen LogP contribution < -0.4 is 0 Å². The summed E-state index contributed by atoms with van der Waals surface area (Å²) in [6.07, 6.45) is 1.83. The second kappa shape index (κ2) is 2.91. The van der Waals surface area contributed by atoms with Crippen LogP contribution in [0.15, 0.2) is 11.6 Å². The van der Waals surface area contributed by atoms with Crippen LogP contribution in [0.2, 0.25) is 0 Å². The summed E-state index contributed by atoms with van der Waals surface area (Å²) in [4.78, 5) is 0. The number of hydrogen-bond acceptors (Lipinski definition) is 0. The molecule has 0 heterocycles. The maximum atomic E-state index is 9.79. The smallest absolute Gasteiger partial charge is 0.103 e. The van der Waals surface area contributed by atoms with Crippen LogP contribution in [0.5, 0.6) is 0 Å². The summed E-state index contributed by atoms with van der Waals surface area (Å²) in [6.45, 7) is 3.64. The van der Waals surface area contributed by atoms with Gasteiger partial charge in [0.1, 0.15) is 6.61 Å². The van der Waals surface area contributed by atoms with Crippen molar-refractivity contribution in [2.75, 3.05) is 6.61 Å². The Morgan fingerprint density at radius 2 is 2.33 bits per heavy atom. The second-order valence-electron chi connectivity index (χ2n) is 1.28. The molecule has 0 aliphatic carbocycles. The molecule has 0 saturated carbocycles. The Bertz CT molecular complexity index is 55.0. The summed E-state index contributed by atoms with van der Waals surface area (Å²) < 4.78 is 0. The molecule has 0 bridgehead atoms. The molecule has 0 saturated heterocycles. The zero-order valence-corrected chi connectivity index (χ0v) is 4.19. The maximum absolute atomic E-state index is 9.79. The van der Waals surface area contributed by atoms with Crippen molar-refractivity contribution in [3.63, 3.8) is 0 Å². The van der Waals surface area contributed by atoms with Crippen molar-refractivity contribution in [3.05, 3.63) is 11.6 Å². The minimum absolute atomic E-state index is 0.0590. The third-order valence-electron chi connectivity index (χ3n) is 0.720. The van der Waals surface area contributed by atoms with Crippen molar-refractivity contribution in [2.45, 2.75) is 13.8 Å². The third-order valence-corrected chi connectivity index (χ3v) is 0.720. The Morgan fingerprint density at radius 1 is 1.83 bits per heavy atom. The molecule has 0 aromatic heterocycles. The molecule has 0 atom stereocenters. The van der Waals surface area contributed by atoms with Crippen LogP contribution in [0, 0.1) is 0 Å². The van der Waals surface area contributed by atoms with E-state index in [1.165, 1.54) is 0 Å². The second-order valence-corrected chi connectivity index (χ2v) is 1.28. The molecule has 0 N–H and O–H groups in total. The summed E-state index contributed by atoms with van der Waals surface area (Å²) >= 11 is 0. The van der Waals surface area contributed by atoms with Crippen LogP contribution in [0.25, 0.3) is 0 Å². The summed E-state index contributed by atoms with van der Waals surface area (Å²) in [5.74, 6) is 0. The Labute approximate surface area is 38.3 Å². The van der Waals surface area contributed by atoms with Gasteiger partial charge in [0.15, 0.2) is 0 Å². The fourth-order valence-electron chi connectivity index (χ4n) is 0.0833. The van der Waals surface area contributed by atoms with Crippen molar-refractivity contribution < 1.29 is 5.11 Å². The van der Waals surface area contributed by atoms with E-state index in [1.54, 1.807) is 0 Å². The number of allylic oxidation sites excluding steroid dienone is 1. The molecule has 0 aliphatic rings. The van der Waals surface area contributed by atoms with Gasteiger partial charge in [-0.25, -0.2) is 5.11 Å². The van der Waals surface area contributed by atoms with Crippen LogP contribution in [0.4, 0.5) is 0 Å². The molecule has 1 radical (unpaired) electrons. The van der Waals surface area contributed by atoms with E-state index in [1.807, 2.05) is 19.9 Å². The summed E-state index contributed by atoms with van der Waals surface area (Å²) in [5.41, 5.74) is 0.912. The molecule has 0 aliphatic heterocycles. The van der Waals surface area contributed by atoms with Crippen LogP contribution in [0.3, 0.4) is 0 Å². The normalized spacial score (nSPS) is 12.2. The lowest BCUT2D eigenvalue weighted by Crippen LogP contribution is -1.77. The van der Waals surface area contributed by atoms with Gasteiger partial charge in [-0.1, -0.05) is 6.08 Å². The van der Waals surface area contributed by atoms with Gasteiger partial charge in [0.2, 0.25) is 0 Å². The van der Waals surface area contributed by atoms with Gasteiger partial charge in [-0.2, -0.15) is 0 Å². The minimum Gasteiger partial charge on any atom is -0.232 e. The maximum Gasteiger partial charge on any atom is 0.103 e. The van der Waals surface area contributed by atoms with Gasteiger partial charge in [-0.15, -0.1) is 0 Å². The van der Waals surface area contributed by atoms with Gasteiger partial charge in [0, 0.05) is 0 Å². The van der Waals surface area contributed by atoms with E-state index >= 15 is 0 Å². The standard InChI is InChI=1S/C5H9O/c1-3-5(2)4-6/h3H,4H2,1-2H3/b5-3+. The zero-order chi connectivity index (χ0) is 4.99. The Morgan fingerprint density at radius 3 is 2.33 bits per heavy atom. The molecule has 0 unspecified atom stereocenters. The van der Waals surface area contributed by atoms with Gasteiger partial charge in [-0.05, 0) is 19.4 Å². The van der Waals surface area contributed by atoms with Crippen molar-refractivity contribution in [3.8, 4) is 0 Å². The van der Waals surface area contributed by atoms with E-state index in [9.17, 15) is 5.11 Å². The summed E-state index contributed by atoms with van der Waals surface area (Å²) in [7, 11) is 0. The average molecular weight is 85.1 g/mol. The molecule has 0 aromatic rings. The lowest BCUT2D eigenvalue weighted by molar-refractivity contribution is 0.223. The highest BCUT2D eigenvalue weighted by atomic mass is 16.3. The number of rotatable bonds is 1. The quantitative estimate of drug-likeness (QED) is 0.429. The first-order valence-corrected chi connectivity index (χ1v) is 2.01. The van der Waals surface area contributed by atoms with Gasteiger partial charge < -0.3 is 0 Å². The summed E-state index contributed by atoms with van der Waals surface area (Å²) in [5, 5.41) is 9.79. The van der Waals surface area contributed by atoms with Gasteiger partial charge >= 0.3 is 0 Å². The fourth-order valence-corrected chi connectivity index (χ4v) is 0.0833. The minimum atomic E-state index is -0.0590. The predicted molar refractivity (Wildman–Crippen MR) is 25.0 cm³/mol. The Kier molecular flexibility index (Phi) is 2.77. The zero-order valence-electron chi connectivity index (χ0n) is 4.19. The van der Waals surface area contributed by atoms with Crippen LogP contribution in [-0.4, -0.2) is 6.61 Å². The number of hydrogen-bond donors (Lipinski definition) is 0. The average Bonchev–Trinajstić information content (AvgIpc) is 1.65. The highest BCUT2D eigenvalue weighted by Crippen LogP contribution is 1.85. The monoisotopic (exact) mass is 85.1 g/mol. The Hall–Kier alpha value is -0.300. The topological polar surface area (TPSA) is 19.9 Å².